The number of carbonyl (C=O) groups is 1. The lowest BCUT2D eigenvalue weighted by Gasteiger charge is -2.36. The summed E-state index contributed by atoms with van der Waals surface area (Å²) >= 11 is 6.53. The van der Waals surface area contributed by atoms with Crippen LogP contribution >= 0.6 is 11.6 Å². The second-order valence-corrected chi connectivity index (χ2v) is 10.8. The van der Waals surface area contributed by atoms with Crippen LogP contribution in [0.4, 0.5) is 35.3 Å². The van der Waals surface area contributed by atoms with Crippen LogP contribution in [0.1, 0.15) is 25.8 Å². The van der Waals surface area contributed by atoms with Crippen molar-refractivity contribution in [2.24, 2.45) is 0 Å². The summed E-state index contributed by atoms with van der Waals surface area (Å²) in [4.78, 5) is 30.2. The molecule has 2 saturated heterocycles. The molecule has 1 aromatic carbocycles. The number of anilines is 3. The van der Waals surface area contributed by atoms with Gasteiger partial charge in [-0.25, -0.2) is 14.8 Å². The number of carbonyl (C=O) groups excluding carboxylic acids is 1. The molecule has 5 heterocycles. The van der Waals surface area contributed by atoms with E-state index in [-0.39, 0.29) is 46.9 Å². The second kappa shape index (κ2) is 10.3. The Morgan fingerprint density at radius 3 is 2.83 bits per heavy atom. The third-order valence-electron chi connectivity index (χ3n) is 7.05. The molecule has 3 aliphatic heterocycles. The first-order valence-electron chi connectivity index (χ1n) is 13.0. The number of aromatic nitrogens is 3. The van der Waals surface area contributed by atoms with Crippen molar-refractivity contribution in [2.45, 2.75) is 44.4 Å². The number of benzene rings is 1. The molecular formula is C27H26ClF3N6O4. The Balaban J connectivity index is 1.25. The summed E-state index contributed by atoms with van der Waals surface area (Å²) in [6.07, 6.45) is -2.68. The van der Waals surface area contributed by atoms with Crippen molar-refractivity contribution in [3.8, 4) is 17.3 Å². The van der Waals surface area contributed by atoms with Crippen molar-refractivity contribution in [1.29, 1.82) is 0 Å². The van der Waals surface area contributed by atoms with Crippen LogP contribution in [0.3, 0.4) is 0 Å². The monoisotopic (exact) mass is 590 g/mol. The van der Waals surface area contributed by atoms with Crippen molar-refractivity contribution >= 4 is 35.0 Å². The number of nitrogens with zero attached hydrogens (tertiary/aromatic N) is 5. The fraction of sp³-hybridized carbons (Fsp3) is 0.407. The molecule has 2 atom stereocenters. The van der Waals surface area contributed by atoms with Gasteiger partial charge in [0.2, 0.25) is 0 Å². The Bertz CT molecular complexity index is 1490. The van der Waals surface area contributed by atoms with Crippen LogP contribution in [0, 0.1) is 0 Å². The summed E-state index contributed by atoms with van der Waals surface area (Å²) in [6, 6.07) is 7.31. The highest BCUT2D eigenvalue weighted by Crippen LogP contribution is 2.43. The van der Waals surface area contributed by atoms with Crippen molar-refractivity contribution in [2.75, 3.05) is 41.4 Å². The molecule has 14 heteroatoms. The quantitative estimate of drug-likeness (QED) is 0.423. The van der Waals surface area contributed by atoms with E-state index in [9.17, 15) is 18.0 Å². The molecule has 2 bridgehead atoms. The van der Waals surface area contributed by atoms with E-state index in [1.54, 1.807) is 6.07 Å². The predicted molar refractivity (Wildman–Crippen MR) is 144 cm³/mol. The molecule has 3 aromatic rings. The maximum Gasteiger partial charge on any atom is 0.416 e. The van der Waals surface area contributed by atoms with E-state index >= 15 is 0 Å². The number of hydrogen-bond donors (Lipinski definition) is 1. The van der Waals surface area contributed by atoms with Crippen LogP contribution < -0.4 is 19.9 Å². The maximum absolute atomic E-state index is 13.6. The smallest absolute Gasteiger partial charge is 0.416 e. The molecule has 0 aliphatic carbocycles. The van der Waals surface area contributed by atoms with Gasteiger partial charge in [0, 0.05) is 24.8 Å². The molecule has 0 radical (unpaired) electrons. The number of halogens is 4. The number of nitrogens with one attached hydrogen (secondary N) is 1. The van der Waals surface area contributed by atoms with Crippen LogP contribution in [-0.2, 0) is 15.7 Å². The molecule has 6 rings (SSSR count). The highest BCUT2D eigenvalue weighted by Gasteiger charge is 2.41. The SMILES string of the molecule is CC1(C)OC[C@@H](COc2nccc(NC(=O)N3c4nc(-c5cccc(C(F)(F)F)c5)c(Cl)cc4N4CC[C@H]3C4)n2)O1. The minimum absolute atomic E-state index is 0.0546. The van der Waals surface area contributed by atoms with Gasteiger partial charge >= 0.3 is 18.2 Å². The van der Waals surface area contributed by atoms with Gasteiger partial charge < -0.3 is 19.1 Å². The van der Waals surface area contributed by atoms with Gasteiger partial charge in [-0.2, -0.15) is 18.2 Å². The molecule has 0 unspecified atom stereocenters. The summed E-state index contributed by atoms with van der Waals surface area (Å²) in [5.74, 6) is -0.178. The zero-order chi connectivity index (χ0) is 28.9. The van der Waals surface area contributed by atoms with Crippen LogP contribution in [0.15, 0.2) is 42.6 Å². The average Bonchev–Trinajstić information content (AvgIpc) is 3.50. The molecule has 10 nitrogen and oxygen atoms in total. The van der Waals surface area contributed by atoms with Gasteiger partial charge in [-0.3, -0.25) is 10.2 Å². The van der Waals surface area contributed by atoms with Crippen molar-refractivity contribution in [3.05, 3.63) is 53.2 Å². The lowest BCUT2D eigenvalue weighted by molar-refractivity contribution is -0.141. The van der Waals surface area contributed by atoms with E-state index in [1.165, 1.54) is 29.3 Å². The highest BCUT2D eigenvalue weighted by molar-refractivity contribution is 6.33. The largest absolute Gasteiger partial charge is 0.461 e. The zero-order valence-corrected chi connectivity index (χ0v) is 22.9. The molecule has 0 saturated carbocycles. The summed E-state index contributed by atoms with van der Waals surface area (Å²) in [5.41, 5.74) is 0.152. The normalized spacial score (nSPS) is 21.1. The number of ether oxygens (including phenoxy) is 3. The van der Waals surface area contributed by atoms with Crippen LogP contribution in [0.5, 0.6) is 6.01 Å². The summed E-state index contributed by atoms with van der Waals surface area (Å²) in [7, 11) is 0. The number of alkyl halides is 3. The molecular weight excluding hydrogens is 565 g/mol. The number of urea groups is 1. The maximum atomic E-state index is 13.6. The third-order valence-corrected chi connectivity index (χ3v) is 7.34. The molecule has 216 valence electrons. The number of rotatable bonds is 5. The van der Waals surface area contributed by atoms with Gasteiger partial charge in [0.05, 0.1) is 34.6 Å². The Hall–Kier alpha value is -3.68. The van der Waals surface area contributed by atoms with E-state index in [0.717, 1.165) is 12.1 Å². The van der Waals surface area contributed by atoms with Gasteiger partial charge in [-0.1, -0.05) is 23.7 Å². The third kappa shape index (κ3) is 5.61. The second-order valence-electron chi connectivity index (χ2n) is 10.4. The topological polar surface area (TPSA) is 102 Å². The van der Waals surface area contributed by atoms with Gasteiger partial charge in [0.15, 0.2) is 11.6 Å². The summed E-state index contributed by atoms with van der Waals surface area (Å²) in [5, 5.41) is 2.97. The summed E-state index contributed by atoms with van der Waals surface area (Å²) < 4.78 is 57.0. The first-order chi connectivity index (χ1) is 19.5. The Morgan fingerprint density at radius 1 is 1.24 bits per heavy atom. The van der Waals surface area contributed by atoms with Crippen LogP contribution in [0.25, 0.3) is 11.3 Å². The van der Waals surface area contributed by atoms with E-state index in [0.29, 0.717) is 37.6 Å². The van der Waals surface area contributed by atoms with Crippen molar-refractivity contribution in [3.63, 3.8) is 0 Å². The number of pyridine rings is 1. The Labute approximate surface area is 238 Å². The van der Waals surface area contributed by atoms with Crippen LogP contribution in [0.2, 0.25) is 5.02 Å². The van der Waals surface area contributed by atoms with Gasteiger partial charge in [0.25, 0.3) is 0 Å². The predicted octanol–water partition coefficient (Wildman–Crippen LogP) is 5.37. The first kappa shape index (κ1) is 27.5. The van der Waals surface area contributed by atoms with E-state index in [1.807, 2.05) is 13.8 Å². The van der Waals surface area contributed by atoms with Crippen LogP contribution in [-0.4, -0.2) is 65.2 Å². The molecule has 41 heavy (non-hydrogen) atoms. The lowest BCUT2D eigenvalue weighted by Crippen LogP contribution is -2.48. The molecule has 2 aromatic heterocycles. The summed E-state index contributed by atoms with van der Waals surface area (Å²) in [6.45, 7) is 5.41. The van der Waals surface area contributed by atoms with Crippen molar-refractivity contribution < 1.29 is 32.2 Å². The fourth-order valence-electron chi connectivity index (χ4n) is 5.19. The zero-order valence-electron chi connectivity index (χ0n) is 22.1. The molecule has 3 aliphatic rings. The Kier molecular flexibility index (Phi) is 6.91. The fourth-order valence-corrected chi connectivity index (χ4v) is 5.45. The van der Waals surface area contributed by atoms with Gasteiger partial charge in [-0.05, 0) is 44.5 Å². The molecule has 1 N–H and O–H groups in total. The minimum Gasteiger partial charge on any atom is -0.461 e. The van der Waals surface area contributed by atoms with Gasteiger partial charge in [-0.15, -0.1) is 0 Å². The lowest BCUT2D eigenvalue weighted by atomic mass is 10.1. The first-order valence-corrected chi connectivity index (χ1v) is 13.4. The average molecular weight is 591 g/mol. The highest BCUT2D eigenvalue weighted by atomic mass is 35.5. The van der Waals surface area contributed by atoms with Crippen molar-refractivity contribution in [1.82, 2.24) is 15.0 Å². The van der Waals surface area contributed by atoms with E-state index < -0.39 is 23.6 Å². The molecule has 2 fully saturated rings. The Morgan fingerprint density at radius 2 is 2.07 bits per heavy atom. The van der Waals surface area contributed by atoms with E-state index in [2.05, 4.69) is 25.2 Å². The minimum atomic E-state index is -4.53. The number of hydrogen-bond acceptors (Lipinski definition) is 8. The number of amides is 2. The van der Waals surface area contributed by atoms with E-state index in [4.69, 9.17) is 25.8 Å². The molecule has 0 spiro atoms. The molecule has 2 amide bonds. The number of fused-ring (bicyclic) bond motifs is 4. The standard InChI is InChI=1S/C27H26ClF3N6O4/c1-26(2)40-14-18(41-26)13-39-24-32-8-6-21(33-24)34-25(38)37-17-7-9-36(12-17)20-11-19(28)22(35-23(20)37)15-4-3-5-16(10-15)27(29,30)31/h3-6,8,10-11,17-18H,7,9,12-14H2,1-2H3,(H,32,33,34,38)/t17-,18+/m0/s1. The van der Waals surface area contributed by atoms with Gasteiger partial charge in [0.1, 0.15) is 18.5 Å².